The fourth-order valence-electron chi connectivity index (χ4n) is 4.65. The molecule has 0 heterocycles. The smallest absolute Gasteiger partial charge is 0.243 e. The van der Waals surface area contributed by atoms with Gasteiger partial charge in [-0.1, -0.05) is 78.7 Å². The SMILES string of the molecule is CCC(C)NC(=O)C(Cc1ccccc1)N(Cc1ccc(Cl)c(Cl)c1)C(=O)CCCN(c1ccccc1OC)S(C)(=O)=O. The van der Waals surface area contributed by atoms with Crippen molar-refractivity contribution in [2.24, 2.45) is 0 Å². The van der Waals surface area contributed by atoms with Gasteiger partial charge in [-0.05, 0) is 55.2 Å². The van der Waals surface area contributed by atoms with E-state index in [1.54, 1.807) is 47.4 Å². The third-order valence-corrected chi connectivity index (χ3v) is 9.03. The number of carbonyl (C=O) groups is 2. The number of sulfonamides is 1. The molecule has 0 bridgehead atoms. The van der Waals surface area contributed by atoms with Crippen molar-refractivity contribution in [3.05, 3.63) is 94.0 Å². The molecule has 0 aliphatic rings. The van der Waals surface area contributed by atoms with Gasteiger partial charge in [0.1, 0.15) is 11.8 Å². The summed E-state index contributed by atoms with van der Waals surface area (Å²) < 4.78 is 32.1. The molecule has 11 heteroatoms. The molecule has 0 saturated carbocycles. The van der Waals surface area contributed by atoms with Crippen LogP contribution >= 0.6 is 23.2 Å². The average Bonchev–Trinajstić information content (AvgIpc) is 2.98. The Morgan fingerprint density at radius 1 is 0.953 bits per heavy atom. The molecule has 0 radical (unpaired) electrons. The van der Waals surface area contributed by atoms with Crippen molar-refractivity contribution in [1.82, 2.24) is 10.2 Å². The minimum Gasteiger partial charge on any atom is -0.495 e. The Labute approximate surface area is 265 Å². The zero-order valence-corrected chi connectivity index (χ0v) is 27.3. The summed E-state index contributed by atoms with van der Waals surface area (Å²) in [5.41, 5.74) is 2.00. The van der Waals surface area contributed by atoms with E-state index in [9.17, 15) is 18.0 Å². The average molecular weight is 649 g/mol. The van der Waals surface area contributed by atoms with Gasteiger partial charge >= 0.3 is 0 Å². The van der Waals surface area contributed by atoms with Gasteiger partial charge in [-0.2, -0.15) is 0 Å². The van der Waals surface area contributed by atoms with Crippen molar-refractivity contribution in [2.75, 3.05) is 24.2 Å². The number of nitrogens with zero attached hydrogens (tertiary/aromatic N) is 2. The second-order valence-corrected chi connectivity index (χ2v) is 13.1. The topological polar surface area (TPSA) is 96.0 Å². The van der Waals surface area contributed by atoms with Gasteiger partial charge in [0, 0.05) is 32.0 Å². The van der Waals surface area contributed by atoms with Crippen molar-refractivity contribution in [3.63, 3.8) is 0 Å². The summed E-state index contributed by atoms with van der Waals surface area (Å²) in [6.07, 6.45) is 2.37. The lowest BCUT2D eigenvalue weighted by molar-refractivity contribution is -0.141. The second kappa shape index (κ2) is 16.0. The Kier molecular flexibility index (Phi) is 12.7. The second-order valence-electron chi connectivity index (χ2n) is 10.4. The maximum absolute atomic E-state index is 14.0. The molecule has 0 spiro atoms. The predicted octanol–water partition coefficient (Wildman–Crippen LogP) is 6.10. The highest BCUT2D eigenvalue weighted by molar-refractivity contribution is 7.92. The van der Waals surface area contributed by atoms with Gasteiger partial charge in [-0.15, -0.1) is 0 Å². The lowest BCUT2D eigenvalue weighted by atomic mass is 10.0. The minimum atomic E-state index is -3.68. The first-order chi connectivity index (χ1) is 20.4. The Bertz CT molecular complexity index is 1490. The molecule has 3 aromatic rings. The van der Waals surface area contributed by atoms with Gasteiger partial charge in [0.25, 0.3) is 0 Å². The lowest BCUT2D eigenvalue weighted by Crippen LogP contribution is -2.52. The van der Waals surface area contributed by atoms with E-state index in [1.165, 1.54) is 11.4 Å². The number of hydrogen-bond acceptors (Lipinski definition) is 5. The first kappa shape index (κ1) is 34.2. The summed E-state index contributed by atoms with van der Waals surface area (Å²) >= 11 is 12.4. The van der Waals surface area contributed by atoms with Crippen LogP contribution in [0, 0.1) is 0 Å². The Hall–Kier alpha value is -3.27. The zero-order valence-electron chi connectivity index (χ0n) is 24.9. The van der Waals surface area contributed by atoms with Gasteiger partial charge in [-0.3, -0.25) is 13.9 Å². The van der Waals surface area contributed by atoms with Gasteiger partial charge < -0.3 is 15.0 Å². The molecule has 3 aromatic carbocycles. The van der Waals surface area contributed by atoms with Crippen LogP contribution in [0.25, 0.3) is 0 Å². The van der Waals surface area contributed by atoms with E-state index in [0.717, 1.165) is 18.2 Å². The van der Waals surface area contributed by atoms with E-state index in [0.29, 0.717) is 33.5 Å². The van der Waals surface area contributed by atoms with Crippen molar-refractivity contribution in [3.8, 4) is 5.75 Å². The number of halogens is 2. The number of benzene rings is 3. The highest BCUT2D eigenvalue weighted by atomic mass is 35.5. The van der Waals surface area contributed by atoms with Crippen molar-refractivity contribution in [1.29, 1.82) is 0 Å². The number of ether oxygens (including phenoxy) is 1. The largest absolute Gasteiger partial charge is 0.495 e. The predicted molar refractivity (Wildman–Crippen MR) is 173 cm³/mol. The highest BCUT2D eigenvalue weighted by Gasteiger charge is 2.31. The molecular weight excluding hydrogens is 609 g/mol. The molecule has 0 aliphatic heterocycles. The minimum absolute atomic E-state index is 0.00436. The Morgan fingerprint density at radius 2 is 1.63 bits per heavy atom. The molecule has 0 fully saturated rings. The Morgan fingerprint density at radius 3 is 2.26 bits per heavy atom. The summed E-state index contributed by atoms with van der Waals surface area (Å²) in [5, 5.41) is 3.77. The van der Waals surface area contributed by atoms with E-state index in [2.05, 4.69) is 5.32 Å². The van der Waals surface area contributed by atoms with Gasteiger partial charge in [0.05, 0.1) is 29.1 Å². The first-order valence-electron chi connectivity index (χ1n) is 14.1. The molecule has 2 unspecified atom stereocenters. The monoisotopic (exact) mass is 647 g/mol. The Balaban J connectivity index is 1.93. The van der Waals surface area contributed by atoms with Crippen LogP contribution in [-0.4, -0.2) is 57.1 Å². The maximum Gasteiger partial charge on any atom is 0.243 e. The molecule has 0 aliphatic carbocycles. The lowest BCUT2D eigenvalue weighted by Gasteiger charge is -2.33. The van der Waals surface area contributed by atoms with Crippen molar-refractivity contribution >= 4 is 50.7 Å². The number of anilines is 1. The molecule has 1 N–H and O–H groups in total. The van der Waals surface area contributed by atoms with Crippen LogP contribution in [-0.2, 0) is 32.6 Å². The number of methoxy groups -OCH3 is 1. The molecule has 232 valence electrons. The summed E-state index contributed by atoms with van der Waals surface area (Å²) in [4.78, 5) is 29.2. The quantitative estimate of drug-likeness (QED) is 0.215. The van der Waals surface area contributed by atoms with Crippen LogP contribution < -0.4 is 14.4 Å². The number of hydrogen-bond donors (Lipinski definition) is 1. The van der Waals surface area contributed by atoms with Crippen molar-refractivity contribution in [2.45, 2.75) is 58.2 Å². The fourth-order valence-corrected chi connectivity index (χ4v) is 5.94. The summed E-state index contributed by atoms with van der Waals surface area (Å²) in [5.74, 6) is -0.150. The van der Waals surface area contributed by atoms with E-state index in [-0.39, 0.29) is 43.8 Å². The molecular formula is C32H39Cl2N3O5S. The zero-order chi connectivity index (χ0) is 31.6. The van der Waals surface area contributed by atoms with Crippen LogP contribution in [0.15, 0.2) is 72.8 Å². The third kappa shape index (κ3) is 9.88. The maximum atomic E-state index is 14.0. The number of amides is 2. The molecule has 2 atom stereocenters. The third-order valence-electron chi connectivity index (χ3n) is 7.12. The van der Waals surface area contributed by atoms with Crippen LogP contribution in [0.2, 0.25) is 10.0 Å². The molecule has 3 rings (SSSR count). The van der Waals surface area contributed by atoms with E-state index in [4.69, 9.17) is 27.9 Å². The number of carbonyl (C=O) groups excluding carboxylic acids is 2. The van der Waals surface area contributed by atoms with Crippen LogP contribution in [0.1, 0.15) is 44.2 Å². The summed E-state index contributed by atoms with van der Waals surface area (Å²) in [6.45, 7) is 4.06. The van der Waals surface area contributed by atoms with Crippen molar-refractivity contribution < 1.29 is 22.7 Å². The summed E-state index contributed by atoms with van der Waals surface area (Å²) in [7, 11) is -2.20. The van der Waals surface area contributed by atoms with Gasteiger partial charge in [-0.25, -0.2) is 8.42 Å². The van der Waals surface area contributed by atoms with E-state index >= 15 is 0 Å². The fraction of sp³-hybridized carbons (Fsp3) is 0.375. The molecule has 0 aromatic heterocycles. The molecule has 2 amide bonds. The van der Waals surface area contributed by atoms with Crippen LogP contribution in [0.4, 0.5) is 5.69 Å². The number of nitrogens with one attached hydrogen (secondary N) is 1. The van der Waals surface area contributed by atoms with Gasteiger partial charge in [0.2, 0.25) is 21.8 Å². The molecule has 8 nitrogen and oxygen atoms in total. The summed E-state index contributed by atoms with van der Waals surface area (Å²) in [6, 6.07) is 20.5. The molecule has 43 heavy (non-hydrogen) atoms. The first-order valence-corrected chi connectivity index (χ1v) is 16.7. The van der Waals surface area contributed by atoms with E-state index < -0.39 is 16.1 Å². The van der Waals surface area contributed by atoms with Crippen LogP contribution in [0.5, 0.6) is 5.75 Å². The number of rotatable bonds is 15. The normalized spacial score (nSPS) is 12.7. The number of para-hydroxylation sites is 2. The van der Waals surface area contributed by atoms with Crippen LogP contribution in [0.3, 0.4) is 0 Å². The van der Waals surface area contributed by atoms with E-state index in [1.807, 2.05) is 44.2 Å². The molecule has 0 saturated heterocycles. The highest BCUT2D eigenvalue weighted by Crippen LogP contribution is 2.30. The van der Waals surface area contributed by atoms with Gasteiger partial charge in [0.15, 0.2) is 0 Å². The standard InChI is InChI=1S/C32H39Cl2N3O5S/c1-5-23(2)35-32(39)29(21-24-12-7-6-8-13-24)36(22-25-17-18-26(33)27(34)20-25)31(38)16-11-19-37(43(4,40)41)28-14-9-10-15-30(28)42-3/h6-10,12-15,17-18,20,23,29H,5,11,16,19,21-22H2,1-4H3,(H,35,39).